The van der Waals surface area contributed by atoms with E-state index >= 15 is 0 Å². The topological polar surface area (TPSA) is 55.0 Å². The van der Waals surface area contributed by atoms with E-state index in [0.717, 1.165) is 33.2 Å². The van der Waals surface area contributed by atoms with E-state index in [1.807, 2.05) is 36.4 Å². The highest BCUT2D eigenvalue weighted by Crippen LogP contribution is 2.32. The SMILES string of the molecule is COC(=O)c1ccc2nc(-c3cccc4c(Cl)cccc34)[nH]c2c1. The van der Waals surface area contributed by atoms with Crippen LogP contribution in [0.2, 0.25) is 5.02 Å². The number of ether oxygens (including phenoxy) is 1. The molecule has 0 amide bonds. The Morgan fingerprint density at radius 1 is 1.08 bits per heavy atom. The van der Waals surface area contributed by atoms with Crippen molar-refractivity contribution >= 4 is 39.4 Å². The summed E-state index contributed by atoms with van der Waals surface area (Å²) in [5.74, 6) is 0.366. The zero-order valence-corrected chi connectivity index (χ0v) is 13.6. The van der Waals surface area contributed by atoms with Gasteiger partial charge < -0.3 is 9.72 Å². The maximum Gasteiger partial charge on any atom is 0.337 e. The van der Waals surface area contributed by atoms with E-state index in [1.54, 1.807) is 18.2 Å². The first-order valence-corrected chi connectivity index (χ1v) is 7.81. The first-order valence-electron chi connectivity index (χ1n) is 7.43. The van der Waals surface area contributed by atoms with Gasteiger partial charge in [0.05, 0.1) is 23.7 Å². The number of carbonyl (C=O) groups is 1. The second kappa shape index (κ2) is 5.65. The van der Waals surface area contributed by atoms with Crippen molar-refractivity contribution in [2.24, 2.45) is 0 Å². The summed E-state index contributed by atoms with van der Waals surface area (Å²) in [7, 11) is 1.37. The number of halogens is 1. The van der Waals surface area contributed by atoms with Crippen LogP contribution in [0.5, 0.6) is 0 Å². The van der Waals surface area contributed by atoms with Crippen molar-refractivity contribution in [2.75, 3.05) is 7.11 Å². The molecule has 1 N–H and O–H groups in total. The molecular formula is C19H13ClN2O2. The zero-order valence-electron chi connectivity index (χ0n) is 12.8. The predicted molar refractivity (Wildman–Crippen MR) is 95.4 cm³/mol. The number of esters is 1. The van der Waals surface area contributed by atoms with Crippen LogP contribution in [0.4, 0.5) is 0 Å². The summed E-state index contributed by atoms with van der Waals surface area (Å²) in [6.07, 6.45) is 0. The molecule has 0 aliphatic carbocycles. The normalized spacial score (nSPS) is 11.1. The van der Waals surface area contributed by atoms with Crippen molar-refractivity contribution in [3.05, 3.63) is 65.2 Å². The van der Waals surface area contributed by atoms with Crippen LogP contribution in [0, 0.1) is 0 Å². The minimum Gasteiger partial charge on any atom is -0.465 e. The summed E-state index contributed by atoms with van der Waals surface area (Å²) in [6, 6.07) is 17.0. The fourth-order valence-corrected chi connectivity index (χ4v) is 3.10. The van der Waals surface area contributed by atoms with E-state index in [2.05, 4.69) is 9.97 Å². The number of nitrogens with one attached hydrogen (secondary N) is 1. The molecule has 24 heavy (non-hydrogen) atoms. The Bertz CT molecular complexity index is 1090. The third-order valence-electron chi connectivity index (χ3n) is 4.03. The molecule has 4 aromatic rings. The average molecular weight is 337 g/mol. The number of methoxy groups -OCH3 is 1. The third kappa shape index (κ3) is 2.32. The second-order valence-corrected chi connectivity index (χ2v) is 5.86. The Morgan fingerprint density at radius 2 is 1.88 bits per heavy atom. The van der Waals surface area contributed by atoms with Crippen molar-refractivity contribution in [1.29, 1.82) is 0 Å². The highest BCUT2D eigenvalue weighted by Gasteiger charge is 2.12. The molecule has 0 aliphatic heterocycles. The molecule has 3 aromatic carbocycles. The molecule has 1 aromatic heterocycles. The van der Waals surface area contributed by atoms with Crippen LogP contribution in [0.25, 0.3) is 33.2 Å². The fourth-order valence-electron chi connectivity index (χ4n) is 2.86. The maximum atomic E-state index is 11.7. The summed E-state index contributed by atoms with van der Waals surface area (Å²) < 4.78 is 4.76. The first kappa shape index (κ1) is 14.7. The molecular weight excluding hydrogens is 324 g/mol. The number of hydrogen-bond donors (Lipinski definition) is 1. The van der Waals surface area contributed by atoms with Crippen molar-refractivity contribution in [1.82, 2.24) is 9.97 Å². The number of aromatic nitrogens is 2. The zero-order chi connectivity index (χ0) is 16.7. The number of hydrogen-bond acceptors (Lipinski definition) is 3. The fraction of sp³-hybridized carbons (Fsp3) is 0.0526. The van der Waals surface area contributed by atoms with Gasteiger partial charge in [-0.05, 0) is 29.7 Å². The van der Waals surface area contributed by atoms with Crippen LogP contribution >= 0.6 is 11.6 Å². The van der Waals surface area contributed by atoms with E-state index in [4.69, 9.17) is 16.3 Å². The molecule has 0 saturated carbocycles. The van der Waals surface area contributed by atoms with Gasteiger partial charge in [-0.3, -0.25) is 0 Å². The summed E-state index contributed by atoms with van der Waals surface area (Å²) in [6.45, 7) is 0. The van der Waals surface area contributed by atoms with Crippen LogP contribution in [0.15, 0.2) is 54.6 Å². The van der Waals surface area contributed by atoms with Crippen molar-refractivity contribution < 1.29 is 9.53 Å². The van der Waals surface area contributed by atoms with Gasteiger partial charge in [-0.15, -0.1) is 0 Å². The minimum atomic E-state index is -0.370. The highest BCUT2D eigenvalue weighted by molar-refractivity contribution is 6.35. The molecule has 0 aliphatic rings. The molecule has 0 bridgehead atoms. The van der Waals surface area contributed by atoms with Crippen LogP contribution in [0.1, 0.15) is 10.4 Å². The average Bonchev–Trinajstić information content (AvgIpc) is 3.04. The summed E-state index contributed by atoms with van der Waals surface area (Å²) in [5, 5.41) is 2.71. The number of aromatic amines is 1. The molecule has 4 rings (SSSR count). The number of nitrogens with zero attached hydrogens (tertiary/aromatic N) is 1. The van der Waals surface area contributed by atoms with Gasteiger partial charge in [0.15, 0.2) is 0 Å². The monoisotopic (exact) mass is 336 g/mol. The number of imidazole rings is 1. The van der Waals surface area contributed by atoms with E-state index in [-0.39, 0.29) is 5.97 Å². The van der Waals surface area contributed by atoms with E-state index in [0.29, 0.717) is 10.6 Å². The quantitative estimate of drug-likeness (QED) is 0.534. The molecule has 118 valence electrons. The molecule has 0 unspecified atom stereocenters. The predicted octanol–water partition coefficient (Wildman–Crippen LogP) is 4.82. The van der Waals surface area contributed by atoms with Crippen LogP contribution < -0.4 is 0 Å². The lowest BCUT2D eigenvalue weighted by Gasteiger charge is -2.05. The molecule has 0 fully saturated rings. The summed E-state index contributed by atoms with van der Waals surface area (Å²) >= 11 is 6.28. The first-order chi connectivity index (χ1) is 11.7. The van der Waals surface area contributed by atoms with Gasteiger partial charge in [-0.2, -0.15) is 0 Å². The van der Waals surface area contributed by atoms with Crippen molar-refractivity contribution in [2.45, 2.75) is 0 Å². The Morgan fingerprint density at radius 3 is 2.71 bits per heavy atom. The Balaban J connectivity index is 1.91. The van der Waals surface area contributed by atoms with Gasteiger partial charge >= 0.3 is 5.97 Å². The van der Waals surface area contributed by atoms with E-state index in [9.17, 15) is 4.79 Å². The van der Waals surface area contributed by atoms with E-state index in [1.165, 1.54) is 7.11 Å². The molecule has 1 heterocycles. The summed E-state index contributed by atoms with van der Waals surface area (Å²) in [4.78, 5) is 19.6. The van der Waals surface area contributed by atoms with Gasteiger partial charge in [-0.1, -0.05) is 41.9 Å². The van der Waals surface area contributed by atoms with Crippen molar-refractivity contribution in [3.8, 4) is 11.4 Å². The molecule has 4 nitrogen and oxygen atoms in total. The van der Waals surface area contributed by atoms with Crippen LogP contribution in [-0.4, -0.2) is 23.0 Å². The largest absolute Gasteiger partial charge is 0.465 e. The van der Waals surface area contributed by atoms with E-state index < -0.39 is 0 Å². The molecule has 5 heteroatoms. The van der Waals surface area contributed by atoms with Crippen LogP contribution in [0.3, 0.4) is 0 Å². The second-order valence-electron chi connectivity index (χ2n) is 5.45. The van der Waals surface area contributed by atoms with Gasteiger partial charge in [0.25, 0.3) is 0 Å². The lowest BCUT2D eigenvalue weighted by molar-refractivity contribution is 0.0601. The number of H-pyrrole nitrogens is 1. The Labute approximate surface area is 143 Å². The Hall–Kier alpha value is -2.85. The third-order valence-corrected chi connectivity index (χ3v) is 4.36. The number of rotatable bonds is 2. The number of benzene rings is 3. The van der Waals surface area contributed by atoms with Gasteiger partial charge in [0, 0.05) is 16.0 Å². The molecule has 0 atom stereocenters. The summed E-state index contributed by atoms with van der Waals surface area (Å²) in [5.41, 5.74) is 3.02. The molecule has 0 radical (unpaired) electrons. The molecule has 0 spiro atoms. The number of fused-ring (bicyclic) bond motifs is 2. The maximum absolute atomic E-state index is 11.7. The number of carbonyl (C=O) groups excluding carboxylic acids is 1. The minimum absolute atomic E-state index is 0.370. The van der Waals surface area contributed by atoms with Crippen LogP contribution in [-0.2, 0) is 4.74 Å². The molecule has 0 saturated heterocycles. The Kier molecular flexibility index (Phi) is 3.47. The smallest absolute Gasteiger partial charge is 0.337 e. The highest BCUT2D eigenvalue weighted by atomic mass is 35.5. The van der Waals surface area contributed by atoms with Gasteiger partial charge in [0.2, 0.25) is 0 Å². The standard InChI is InChI=1S/C19H13ClN2O2/c1-24-19(23)11-8-9-16-17(10-11)22-18(21-16)14-6-2-5-13-12(14)4-3-7-15(13)20/h2-10H,1H3,(H,21,22). The van der Waals surface area contributed by atoms with Crippen molar-refractivity contribution in [3.63, 3.8) is 0 Å². The lowest BCUT2D eigenvalue weighted by atomic mass is 10.0. The van der Waals surface area contributed by atoms with Gasteiger partial charge in [-0.25, -0.2) is 9.78 Å². The lowest BCUT2D eigenvalue weighted by Crippen LogP contribution is -2.00. The van der Waals surface area contributed by atoms with Gasteiger partial charge in [0.1, 0.15) is 5.82 Å².